The molecule has 0 bridgehead atoms. The van der Waals surface area contributed by atoms with Crippen LogP contribution in [0.2, 0.25) is 0 Å². The molecule has 4 heteroatoms. The summed E-state index contributed by atoms with van der Waals surface area (Å²) in [5.41, 5.74) is 8.61. The van der Waals surface area contributed by atoms with Gasteiger partial charge in [0.15, 0.2) is 0 Å². The number of nitrogens with one attached hydrogen (secondary N) is 1. The molecular weight excluding hydrogens is 382 g/mol. The Morgan fingerprint density at radius 3 is 2.65 bits per heavy atom. The number of aromatic nitrogens is 2. The maximum Gasteiger partial charge on any atom is 0.146 e. The average Bonchev–Trinajstić information content (AvgIpc) is 3.44. The van der Waals surface area contributed by atoms with Gasteiger partial charge in [0.25, 0.3) is 0 Å². The number of para-hydroxylation sites is 1. The van der Waals surface area contributed by atoms with E-state index >= 15 is 0 Å². The van der Waals surface area contributed by atoms with Gasteiger partial charge in [0.2, 0.25) is 0 Å². The van der Waals surface area contributed by atoms with Gasteiger partial charge in [-0.25, -0.2) is 4.99 Å². The van der Waals surface area contributed by atoms with Crippen molar-refractivity contribution in [2.24, 2.45) is 4.99 Å². The SMILES string of the molecule is COC1=CC(c2cc3ccccc3n2Cc2cc[c]cc2)=NC1=Cc1[nH]c(C)cc1C. The molecule has 1 radical (unpaired) electrons. The first-order valence-corrected chi connectivity index (χ1v) is 10.4. The number of fused-ring (bicyclic) bond motifs is 1. The van der Waals surface area contributed by atoms with E-state index < -0.39 is 0 Å². The average molecular weight is 407 g/mol. The van der Waals surface area contributed by atoms with Gasteiger partial charge >= 0.3 is 0 Å². The first-order chi connectivity index (χ1) is 15.1. The lowest BCUT2D eigenvalue weighted by molar-refractivity contribution is 0.303. The number of ether oxygens (including phenoxy) is 1. The van der Waals surface area contributed by atoms with E-state index in [0.29, 0.717) is 0 Å². The van der Waals surface area contributed by atoms with E-state index in [1.165, 1.54) is 22.0 Å². The Morgan fingerprint density at radius 2 is 1.90 bits per heavy atom. The highest BCUT2D eigenvalue weighted by molar-refractivity contribution is 6.13. The van der Waals surface area contributed by atoms with Crippen molar-refractivity contribution >= 4 is 22.7 Å². The summed E-state index contributed by atoms with van der Waals surface area (Å²) in [6.07, 6.45) is 4.09. The number of H-pyrrole nitrogens is 1. The molecular formula is C27H24N3O. The van der Waals surface area contributed by atoms with Gasteiger partial charge in [-0.05, 0) is 55.3 Å². The number of methoxy groups -OCH3 is 1. The Bertz CT molecular complexity index is 1350. The number of allylic oxidation sites excluding steroid dienone is 1. The Labute approximate surface area is 182 Å². The normalized spacial score (nSPS) is 14.9. The molecule has 1 aliphatic heterocycles. The van der Waals surface area contributed by atoms with E-state index in [9.17, 15) is 0 Å². The minimum atomic E-state index is 0.765. The predicted octanol–water partition coefficient (Wildman–Crippen LogP) is 5.81. The van der Waals surface area contributed by atoms with Crippen LogP contribution in [0.5, 0.6) is 0 Å². The summed E-state index contributed by atoms with van der Waals surface area (Å²) in [6, 6.07) is 24.0. The lowest BCUT2D eigenvalue weighted by Gasteiger charge is -2.10. The van der Waals surface area contributed by atoms with Crippen molar-refractivity contribution in [2.45, 2.75) is 20.4 Å². The van der Waals surface area contributed by atoms with Crippen LogP contribution in [0.3, 0.4) is 0 Å². The van der Waals surface area contributed by atoms with E-state index in [0.717, 1.165) is 40.8 Å². The minimum Gasteiger partial charge on any atom is -0.494 e. The van der Waals surface area contributed by atoms with Crippen molar-refractivity contribution in [2.75, 3.05) is 7.11 Å². The fourth-order valence-corrected chi connectivity index (χ4v) is 4.15. The maximum absolute atomic E-state index is 5.68. The molecule has 1 N–H and O–H groups in total. The van der Waals surface area contributed by atoms with Crippen molar-refractivity contribution in [1.82, 2.24) is 9.55 Å². The van der Waals surface area contributed by atoms with Crippen molar-refractivity contribution in [1.29, 1.82) is 0 Å². The topological polar surface area (TPSA) is 42.3 Å². The number of hydrogen-bond donors (Lipinski definition) is 1. The quantitative estimate of drug-likeness (QED) is 0.447. The summed E-state index contributed by atoms with van der Waals surface area (Å²) in [5, 5.41) is 1.20. The van der Waals surface area contributed by atoms with E-state index in [4.69, 9.17) is 9.73 Å². The van der Waals surface area contributed by atoms with E-state index in [2.05, 4.69) is 84.1 Å². The van der Waals surface area contributed by atoms with Crippen LogP contribution in [0, 0.1) is 19.9 Å². The molecule has 0 aliphatic carbocycles. The molecule has 2 aromatic heterocycles. The summed E-state index contributed by atoms with van der Waals surface area (Å²) in [6.45, 7) is 4.92. The molecule has 0 spiro atoms. The van der Waals surface area contributed by atoms with Crippen LogP contribution in [0.15, 0.2) is 83.2 Å². The second-order valence-corrected chi connectivity index (χ2v) is 7.87. The second kappa shape index (κ2) is 7.80. The molecule has 4 aromatic rings. The Kier molecular flexibility index (Phi) is 4.83. The Morgan fingerprint density at radius 1 is 1.10 bits per heavy atom. The zero-order valence-electron chi connectivity index (χ0n) is 17.9. The molecule has 5 rings (SSSR count). The van der Waals surface area contributed by atoms with E-state index in [-0.39, 0.29) is 0 Å². The highest BCUT2D eigenvalue weighted by Gasteiger charge is 2.21. The van der Waals surface area contributed by atoms with Gasteiger partial charge in [-0.3, -0.25) is 0 Å². The molecule has 1 aliphatic rings. The molecule has 4 nitrogen and oxygen atoms in total. The molecule has 31 heavy (non-hydrogen) atoms. The third kappa shape index (κ3) is 3.61. The monoisotopic (exact) mass is 406 g/mol. The van der Waals surface area contributed by atoms with Crippen LogP contribution in [0.4, 0.5) is 0 Å². The molecule has 0 amide bonds. The van der Waals surface area contributed by atoms with Crippen LogP contribution < -0.4 is 0 Å². The van der Waals surface area contributed by atoms with Crippen molar-refractivity contribution < 1.29 is 4.74 Å². The first-order valence-electron chi connectivity index (χ1n) is 10.4. The second-order valence-electron chi connectivity index (χ2n) is 7.87. The number of aromatic amines is 1. The summed E-state index contributed by atoms with van der Waals surface area (Å²) in [7, 11) is 1.70. The largest absolute Gasteiger partial charge is 0.494 e. The maximum atomic E-state index is 5.68. The number of aliphatic imine (C=N–C) groups is 1. The molecule has 3 heterocycles. The lowest BCUT2D eigenvalue weighted by atomic mass is 10.2. The third-order valence-electron chi connectivity index (χ3n) is 5.65. The minimum absolute atomic E-state index is 0.765. The molecule has 0 fully saturated rings. The van der Waals surface area contributed by atoms with Crippen LogP contribution in [-0.4, -0.2) is 22.4 Å². The van der Waals surface area contributed by atoms with Gasteiger partial charge in [0.1, 0.15) is 11.5 Å². The number of aryl methyl sites for hydroxylation is 2. The van der Waals surface area contributed by atoms with Crippen molar-refractivity contribution in [3.8, 4) is 0 Å². The van der Waals surface area contributed by atoms with Crippen LogP contribution in [-0.2, 0) is 11.3 Å². The summed E-state index contributed by atoms with van der Waals surface area (Å²) >= 11 is 0. The molecule has 0 unspecified atom stereocenters. The van der Waals surface area contributed by atoms with Gasteiger partial charge in [0, 0.05) is 34.9 Å². The van der Waals surface area contributed by atoms with Gasteiger partial charge < -0.3 is 14.3 Å². The summed E-state index contributed by atoms with van der Waals surface area (Å²) in [5.74, 6) is 0.771. The number of hydrogen-bond acceptors (Lipinski definition) is 2. The number of nitrogens with zero attached hydrogens (tertiary/aromatic N) is 2. The summed E-state index contributed by atoms with van der Waals surface area (Å²) in [4.78, 5) is 8.37. The van der Waals surface area contributed by atoms with E-state index in [1.54, 1.807) is 7.11 Å². The van der Waals surface area contributed by atoms with Crippen molar-refractivity contribution in [3.63, 3.8) is 0 Å². The van der Waals surface area contributed by atoms with Gasteiger partial charge in [0.05, 0.1) is 18.5 Å². The fraction of sp³-hybridized carbons (Fsp3) is 0.148. The highest BCUT2D eigenvalue weighted by atomic mass is 16.5. The molecule has 0 saturated heterocycles. The number of benzene rings is 2. The predicted molar refractivity (Wildman–Crippen MR) is 126 cm³/mol. The molecule has 0 saturated carbocycles. The van der Waals surface area contributed by atoms with Crippen LogP contribution in [0.1, 0.15) is 28.2 Å². The number of rotatable bonds is 5. The fourth-order valence-electron chi connectivity index (χ4n) is 4.15. The smallest absolute Gasteiger partial charge is 0.146 e. The molecule has 2 aromatic carbocycles. The third-order valence-corrected chi connectivity index (χ3v) is 5.65. The van der Waals surface area contributed by atoms with E-state index in [1.807, 2.05) is 18.2 Å². The van der Waals surface area contributed by atoms with Crippen LogP contribution in [0.25, 0.3) is 17.0 Å². The molecule has 153 valence electrons. The van der Waals surface area contributed by atoms with Gasteiger partial charge in [-0.1, -0.05) is 42.5 Å². The highest BCUT2D eigenvalue weighted by Crippen LogP contribution is 2.29. The molecule has 0 atom stereocenters. The van der Waals surface area contributed by atoms with Crippen LogP contribution >= 0.6 is 0 Å². The summed E-state index contributed by atoms with van der Waals surface area (Å²) < 4.78 is 8.00. The lowest BCUT2D eigenvalue weighted by Crippen LogP contribution is -2.08. The Hall–Kier alpha value is -3.79. The van der Waals surface area contributed by atoms with Gasteiger partial charge in [-0.15, -0.1) is 0 Å². The first kappa shape index (κ1) is 19.2. The Balaban J connectivity index is 1.62. The zero-order valence-corrected chi connectivity index (χ0v) is 17.9. The van der Waals surface area contributed by atoms with Crippen molar-refractivity contribution in [3.05, 3.63) is 112 Å². The standard InChI is InChI=1S/C27H24N3O/c1-18-13-19(2)28-22(18)15-24-27(31-3)16-23(29-24)26-14-21-11-7-8-12-25(21)30(26)17-20-9-5-4-6-10-20/h5-16,28H,17H2,1-3H3. The van der Waals surface area contributed by atoms with Gasteiger partial charge in [-0.2, -0.15) is 0 Å². The zero-order chi connectivity index (χ0) is 21.4.